The summed E-state index contributed by atoms with van der Waals surface area (Å²) in [6, 6.07) is 7.04. The number of nitrogens with zero attached hydrogens (tertiary/aromatic N) is 3. The number of hydrogen-bond donors (Lipinski definition) is 0. The van der Waals surface area contributed by atoms with Gasteiger partial charge in [0.1, 0.15) is 0 Å². The molecule has 2 aliphatic heterocycles. The average Bonchev–Trinajstić information content (AvgIpc) is 3.41. The summed E-state index contributed by atoms with van der Waals surface area (Å²) in [7, 11) is -2.93. The zero-order valence-corrected chi connectivity index (χ0v) is 17.4. The average molecular weight is 436 g/mol. The molecule has 0 spiro atoms. The zero-order valence-electron chi connectivity index (χ0n) is 15.7. The van der Waals surface area contributed by atoms with E-state index in [4.69, 9.17) is 4.42 Å². The molecule has 0 N–H and O–H groups in total. The molecule has 1 atom stereocenters. The van der Waals surface area contributed by atoms with Crippen molar-refractivity contribution in [2.24, 2.45) is 5.92 Å². The molecule has 0 radical (unpaired) electrons. The molecule has 2 saturated heterocycles. The van der Waals surface area contributed by atoms with Gasteiger partial charge in [0.2, 0.25) is 11.8 Å². The second kappa shape index (κ2) is 8.27. The normalized spacial score (nSPS) is 21.0. The Morgan fingerprint density at radius 3 is 2.69 bits per heavy atom. The van der Waals surface area contributed by atoms with Crippen LogP contribution in [0.5, 0.6) is 0 Å². The molecule has 0 bridgehead atoms. The number of carbonyl (C=O) groups excluding carboxylic acids is 2. The van der Waals surface area contributed by atoms with Crippen molar-refractivity contribution in [3.05, 3.63) is 35.7 Å². The largest absolute Gasteiger partial charge is 0.416 e. The number of hydrogen-bond acceptors (Lipinski definition) is 8. The molecule has 1 aromatic heterocycles. The molecular weight excluding hydrogens is 414 g/mol. The molecule has 3 heterocycles. The first kappa shape index (κ1) is 20.1. The Morgan fingerprint density at radius 1 is 1.24 bits per heavy atom. The monoisotopic (exact) mass is 435 g/mol. The van der Waals surface area contributed by atoms with Crippen LogP contribution in [0.15, 0.2) is 33.9 Å². The minimum absolute atomic E-state index is 0.0148. The lowest BCUT2D eigenvalue weighted by Crippen LogP contribution is -2.23. The molecule has 0 aliphatic carbocycles. The summed E-state index contributed by atoms with van der Waals surface area (Å²) in [4.78, 5) is 25.9. The number of benzene rings is 1. The fraction of sp³-hybridized carbons (Fsp3) is 0.474. The summed E-state index contributed by atoms with van der Waals surface area (Å²) in [5, 5.41) is 8.19. The van der Waals surface area contributed by atoms with Crippen LogP contribution in [0, 0.1) is 5.92 Å². The van der Waals surface area contributed by atoms with Gasteiger partial charge in [0, 0.05) is 30.6 Å². The third-order valence-electron chi connectivity index (χ3n) is 5.14. The number of anilines is 1. The summed E-state index contributed by atoms with van der Waals surface area (Å²) < 4.78 is 28.6. The van der Waals surface area contributed by atoms with Crippen LogP contribution in [-0.4, -0.2) is 54.1 Å². The van der Waals surface area contributed by atoms with E-state index in [2.05, 4.69) is 10.2 Å². The third kappa shape index (κ3) is 4.87. The SMILES string of the molecule is O=C(CSc1nnc(C[C@H]2CCS(=O)(=O)C2)o1)c1ccc(N2CCCC2=O)cc1. The van der Waals surface area contributed by atoms with E-state index in [1.165, 1.54) is 0 Å². The van der Waals surface area contributed by atoms with Gasteiger partial charge >= 0.3 is 0 Å². The maximum absolute atomic E-state index is 12.4. The molecule has 4 rings (SSSR count). The van der Waals surface area contributed by atoms with Crippen LogP contribution in [0.25, 0.3) is 0 Å². The van der Waals surface area contributed by atoms with E-state index in [1.54, 1.807) is 29.2 Å². The van der Waals surface area contributed by atoms with Crippen molar-refractivity contribution >= 4 is 39.0 Å². The van der Waals surface area contributed by atoms with E-state index in [1.807, 2.05) is 0 Å². The second-order valence-electron chi connectivity index (χ2n) is 7.34. The van der Waals surface area contributed by atoms with E-state index in [9.17, 15) is 18.0 Å². The lowest BCUT2D eigenvalue weighted by atomic mass is 10.1. The zero-order chi connectivity index (χ0) is 20.4. The summed E-state index contributed by atoms with van der Waals surface area (Å²) in [5.41, 5.74) is 1.37. The highest BCUT2D eigenvalue weighted by Crippen LogP contribution is 2.25. The quantitative estimate of drug-likeness (QED) is 0.481. The number of aromatic nitrogens is 2. The van der Waals surface area contributed by atoms with Crippen molar-refractivity contribution in [2.45, 2.75) is 30.9 Å². The van der Waals surface area contributed by atoms with Crippen LogP contribution in [0.1, 0.15) is 35.5 Å². The smallest absolute Gasteiger partial charge is 0.277 e. The number of rotatable bonds is 7. The topological polar surface area (TPSA) is 110 Å². The van der Waals surface area contributed by atoms with Gasteiger partial charge in [0.15, 0.2) is 15.6 Å². The summed E-state index contributed by atoms with van der Waals surface area (Å²) in [6.07, 6.45) is 2.49. The Kier molecular flexibility index (Phi) is 5.73. The van der Waals surface area contributed by atoms with Crippen molar-refractivity contribution in [3.63, 3.8) is 0 Å². The predicted octanol–water partition coefficient (Wildman–Crippen LogP) is 2.15. The van der Waals surface area contributed by atoms with Crippen molar-refractivity contribution in [2.75, 3.05) is 28.7 Å². The van der Waals surface area contributed by atoms with Crippen LogP contribution in [-0.2, 0) is 21.1 Å². The summed E-state index contributed by atoms with van der Waals surface area (Å²) >= 11 is 1.16. The highest BCUT2D eigenvalue weighted by atomic mass is 32.2. The highest BCUT2D eigenvalue weighted by Gasteiger charge is 2.29. The molecule has 2 aromatic rings. The Bertz CT molecular complexity index is 1020. The second-order valence-corrected chi connectivity index (χ2v) is 10.5. The number of Topliss-reactive ketones (excluding diaryl/α,β-unsaturated/α-hetero) is 1. The fourth-order valence-corrected chi connectivity index (χ4v) is 6.15. The van der Waals surface area contributed by atoms with Crippen molar-refractivity contribution in [3.8, 4) is 0 Å². The third-order valence-corrected chi connectivity index (χ3v) is 7.79. The first-order valence-corrected chi connectivity index (χ1v) is 12.3. The van der Waals surface area contributed by atoms with Gasteiger partial charge in [-0.05, 0) is 43.0 Å². The van der Waals surface area contributed by atoms with Crippen molar-refractivity contribution in [1.82, 2.24) is 10.2 Å². The Labute approximate surface area is 173 Å². The van der Waals surface area contributed by atoms with E-state index in [0.717, 1.165) is 23.9 Å². The first-order chi connectivity index (χ1) is 13.9. The molecule has 0 saturated carbocycles. The fourth-order valence-electron chi connectivity index (χ4n) is 3.62. The summed E-state index contributed by atoms with van der Waals surface area (Å²) in [5.74, 6) is 0.990. The predicted molar refractivity (Wildman–Crippen MR) is 108 cm³/mol. The lowest BCUT2D eigenvalue weighted by Gasteiger charge is -2.15. The maximum Gasteiger partial charge on any atom is 0.277 e. The van der Waals surface area contributed by atoms with Gasteiger partial charge in [-0.3, -0.25) is 9.59 Å². The van der Waals surface area contributed by atoms with Gasteiger partial charge in [-0.25, -0.2) is 8.42 Å². The van der Waals surface area contributed by atoms with Crippen LogP contribution in [0.4, 0.5) is 5.69 Å². The van der Waals surface area contributed by atoms with Gasteiger partial charge < -0.3 is 9.32 Å². The molecule has 2 aliphatic rings. The highest BCUT2D eigenvalue weighted by molar-refractivity contribution is 7.99. The van der Waals surface area contributed by atoms with E-state index >= 15 is 0 Å². The molecule has 8 nitrogen and oxygen atoms in total. The molecule has 0 unspecified atom stereocenters. The lowest BCUT2D eigenvalue weighted by molar-refractivity contribution is -0.117. The van der Waals surface area contributed by atoms with Crippen LogP contribution < -0.4 is 4.90 Å². The minimum Gasteiger partial charge on any atom is -0.416 e. The molecule has 1 amide bonds. The summed E-state index contributed by atoms with van der Waals surface area (Å²) in [6.45, 7) is 0.717. The van der Waals surface area contributed by atoms with Crippen molar-refractivity contribution in [1.29, 1.82) is 0 Å². The maximum atomic E-state index is 12.4. The molecule has 154 valence electrons. The molecule has 2 fully saturated rings. The van der Waals surface area contributed by atoms with Crippen LogP contribution in [0.3, 0.4) is 0 Å². The minimum atomic E-state index is -2.93. The van der Waals surface area contributed by atoms with E-state index in [0.29, 0.717) is 42.5 Å². The van der Waals surface area contributed by atoms with Crippen LogP contribution >= 0.6 is 11.8 Å². The molecular formula is C19H21N3O5S2. The Hall–Kier alpha value is -2.20. The number of ketones is 1. The Morgan fingerprint density at radius 2 is 2.03 bits per heavy atom. The first-order valence-electron chi connectivity index (χ1n) is 9.49. The number of thioether (sulfide) groups is 1. The molecule has 1 aromatic carbocycles. The van der Waals surface area contributed by atoms with Crippen LogP contribution in [0.2, 0.25) is 0 Å². The van der Waals surface area contributed by atoms with E-state index < -0.39 is 9.84 Å². The van der Waals surface area contributed by atoms with Gasteiger partial charge in [-0.15, -0.1) is 10.2 Å². The van der Waals surface area contributed by atoms with Gasteiger partial charge in [0.25, 0.3) is 5.22 Å². The Balaban J connectivity index is 1.29. The van der Waals surface area contributed by atoms with Gasteiger partial charge in [0.05, 0.1) is 17.3 Å². The van der Waals surface area contributed by atoms with Crippen molar-refractivity contribution < 1.29 is 22.4 Å². The van der Waals surface area contributed by atoms with E-state index in [-0.39, 0.29) is 34.9 Å². The van der Waals surface area contributed by atoms with Gasteiger partial charge in [-0.1, -0.05) is 11.8 Å². The standard InChI is InChI=1S/C19H21N3O5S2/c23-16(14-3-5-15(6-4-14)22-8-1-2-18(22)24)11-28-19-21-20-17(27-19)10-13-7-9-29(25,26)12-13/h3-6,13H,1-2,7-12H2/t13-/m1/s1. The molecule has 29 heavy (non-hydrogen) atoms. The number of carbonyl (C=O) groups is 2. The molecule has 10 heteroatoms. The number of sulfone groups is 1. The number of amides is 1. The van der Waals surface area contributed by atoms with Gasteiger partial charge in [-0.2, -0.15) is 0 Å².